The highest BCUT2D eigenvalue weighted by molar-refractivity contribution is 9.10. The molecule has 0 unspecified atom stereocenters. The van der Waals surface area contributed by atoms with Crippen LogP contribution in [0.1, 0.15) is 0 Å². The van der Waals surface area contributed by atoms with Crippen LogP contribution in [0.3, 0.4) is 0 Å². The SMILES string of the molecule is O=[N+]([O-])c1ccc(Br)cc1S(=O)(=O)Nc1ccccc1O. The molecule has 0 aromatic heterocycles. The Morgan fingerprint density at radius 3 is 2.48 bits per heavy atom. The minimum absolute atomic E-state index is 0.0632. The molecular weight excluding hydrogens is 364 g/mol. The fourth-order valence-corrected chi connectivity index (χ4v) is 3.40. The fraction of sp³-hybridized carbons (Fsp3) is 0. The normalized spacial score (nSPS) is 11.1. The van der Waals surface area contributed by atoms with E-state index in [2.05, 4.69) is 20.7 Å². The highest BCUT2D eigenvalue weighted by Crippen LogP contribution is 2.31. The van der Waals surface area contributed by atoms with E-state index in [1.54, 1.807) is 0 Å². The summed E-state index contributed by atoms with van der Waals surface area (Å²) in [5.41, 5.74) is -0.618. The van der Waals surface area contributed by atoms with E-state index >= 15 is 0 Å². The Kier molecular flexibility index (Phi) is 4.14. The lowest BCUT2D eigenvalue weighted by molar-refractivity contribution is -0.387. The monoisotopic (exact) mass is 372 g/mol. The third kappa shape index (κ3) is 3.31. The van der Waals surface area contributed by atoms with Crippen molar-refractivity contribution in [3.05, 3.63) is 57.1 Å². The van der Waals surface area contributed by atoms with Crippen LogP contribution in [0.25, 0.3) is 0 Å². The van der Waals surface area contributed by atoms with Gasteiger partial charge < -0.3 is 5.11 Å². The first-order valence-electron chi connectivity index (χ1n) is 5.56. The van der Waals surface area contributed by atoms with Crippen LogP contribution in [0, 0.1) is 10.1 Å². The van der Waals surface area contributed by atoms with Crippen molar-refractivity contribution in [3.8, 4) is 5.75 Å². The lowest BCUT2D eigenvalue weighted by Crippen LogP contribution is -2.14. The first-order chi connectivity index (χ1) is 9.81. The largest absolute Gasteiger partial charge is 0.506 e. The quantitative estimate of drug-likeness (QED) is 0.487. The van der Waals surface area contributed by atoms with Gasteiger partial charge in [0.25, 0.3) is 15.7 Å². The van der Waals surface area contributed by atoms with Gasteiger partial charge in [0.1, 0.15) is 5.75 Å². The number of rotatable bonds is 4. The average molecular weight is 373 g/mol. The number of sulfonamides is 1. The third-order valence-electron chi connectivity index (χ3n) is 2.56. The molecule has 0 heterocycles. The molecule has 0 atom stereocenters. The molecule has 0 saturated heterocycles. The second kappa shape index (κ2) is 5.70. The average Bonchev–Trinajstić information content (AvgIpc) is 2.41. The molecule has 110 valence electrons. The molecule has 0 spiro atoms. The highest BCUT2D eigenvalue weighted by Gasteiger charge is 2.26. The molecule has 0 saturated carbocycles. The van der Waals surface area contributed by atoms with Crippen molar-refractivity contribution >= 4 is 37.3 Å². The summed E-state index contributed by atoms with van der Waals surface area (Å²) < 4.78 is 27.1. The zero-order chi connectivity index (χ0) is 15.6. The summed E-state index contributed by atoms with van der Waals surface area (Å²) in [6.45, 7) is 0. The number of anilines is 1. The van der Waals surface area contributed by atoms with Gasteiger partial charge in [0.05, 0.1) is 10.6 Å². The highest BCUT2D eigenvalue weighted by atomic mass is 79.9. The first-order valence-corrected chi connectivity index (χ1v) is 7.83. The molecule has 0 fully saturated rings. The van der Waals surface area contributed by atoms with Crippen LogP contribution >= 0.6 is 15.9 Å². The van der Waals surface area contributed by atoms with Gasteiger partial charge in [0, 0.05) is 10.5 Å². The molecular formula is C12H9BrN2O5S. The minimum Gasteiger partial charge on any atom is -0.506 e. The Bertz CT molecular complexity index is 807. The Labute approximate surface area is 128 Å². The van der Waals surface area contributed by atoms with Crippen LogP contribution in [0.4, 0.5) is 11.4 Å². The maximum absolute atomic E-state index is 12.3. The molecule has 9 heteroatoms. The maximum Gasteiger partial charge on any atom is 0.289 e. The van der Waals surface area contributed by atoms with E-state index in [0.29, 0.717) is 4.47 Å². The molecule has 2 aromatic carbocycles. The molecule has 0 radical (unpaired) electrons. The number of nitrogens with zero attached hydrogens (tertiary/aromatic N) is 1. The molecule has 0 aliphatic heterocycles. The van der Waals surface area contributed by atoms with Gasteiger partial charge in [0.2, 0.25) is 0 Å². The van der Waals surface area contributed by atoms with Gasteiger partial charge in [-0.15, -0.1) is 0 Å². The molecule has 2 rings (SSSR count). The van der Waals surface area contributed by atoms with Crippen LogP contribution < -0.4 is 4.72 Å². The summed E-state index contributed by atoms with van der Waals surface area (Å²) >= 11 is 3.07. The number of aromatic hydroxyl groups is 1. The van der Waals surface area contributed by atoms with Gasteiger partial charge in [-0.1, -0.05) is 28.1 Å². The molecule has 2 aromatic rings. The Balaban J connectivity index is 2.52. The molecule has 0 aliphatic rings. The van der Waals surface area contributed by atoms with E-state index in [1.807, 2.05) is 0 Å². The smallest absolute Gasteiger partial charge is 0.289 e. The van der Waals surface area contributed by atoms with Gasteiger partial charge >= 0.3 is 0 Å². The van der Waals surface area contributed by atoms with Crippen molar-refractivity contribution < 1.29 is 18.4 Å². The van der Waals surface area contributed by atoms with E-state index in [1.165, 1.54) is 30.3 Å². The first kappa shape index (κ1) is 15.3. The lowest BCUT2D eigenvalue weighted by Gasteiger charge is -2.10. The van der Waals surface area contributed by atoms with Crippen molar-refractivity contribution in [1.29, 1.82) is 0 Å². The summed E-state index contributed by atoms with van der Waals surface area (Å²) in [5.74, 6) is -0.279. The Hall–Kier alpha value is -2.13. The van der Waals surface area contributed by atoms with Crippen LogP contribution in [0.5, 0.6) is 5.75 Å². The second-order valence-electron chi connectivity index (χ2n) is 3.99. The summed E-state index contributed by atoms with van der Waals surface area (Å²) in [7, 11) is -4.22. The van der Waals surface area contributed by atoms with E-state index in [0.717, 1.165) is 12.1 Å². The number of para-hydroxylation sites is 2. The number of hydrogen-bond donors (Lipinski definition) is 2. The van der Waals surface area contributed by atoms with E-state index < -0.39 is 25.5 Å². The summed E-state index contributed by atoms with van der Waals surface area (Å²) in [6.07, 6.45) is 0. The van der Waals surface area contributed by atoms with Crippen molar-refractivity contribution in [1.82, 2.24) is 0 Å². The molecule has 21 heavy (non-hydrogen) atoms. The van der Waals surface area contributed by atoms with Gasteiger partial charge in [-0.2, -0.15) is 0 Å². The Morgan fingerprint density at radius 2 is 1.86 bits per heavy atom. The summed E-state index contributed by atoms with van der Waals surface area (Å²) in [5, 5.41) is 20.5. The number of nitro groups is 1. The molecule has 7 nitrogen and oxygen atoms in total. The van der Waals surface area contributed by atoms with E-state index in [9.17, 15) is 23.6 Å². The molecule has 0 bridgehead atoms. The molecule has 2 N–H and O–H groups in total. The second-order valence-corrected chi connectivity index (χ2v) is 6.56. The van der Waals surface area contributed by atoms with E-state index in [4.69, 9.17) is 0 Å². The van der Waals surface area contributed by atoms with Crippen molar-refractivity contribution in [2.45, 2.75) is 4.90 Å². The zero-order valence-corrected chi connectivity index (χ0v) is 12.8. The number of nitro benzene ring substituents is 1. The van der Waals surface area contributed by atoms with Gasteiger partial charge in [-0.3, -0.25) is 14.8 Å². The van der Waals surface area contributed by atoms with Gasteiger partial charge in [0.15, 0.2) is 4.90 Å². The third-order valence-corrected chi connectivity index (χ3v) is 4.44. The Morgan fingerprint density at radius 1 is 1.19 bits per heavy atom. The summed E-state index contributed by atoms with van der Waals surface area (Å²) in [4.78, 5) is 9.67. The standard InChI is InChI=1S/C12H9BrN2O5S/c13-8-5-6-10(15(17)18)12(7-8)21(19,20)14-9-3-1-2-4-11(9)16/h1-7,14,16H. The topological polar surface area (TPSA) is 110 Å². The van der Waals surface area contributed by atoms with Crippen molar-refractivity contribution in [2.24, 2.45) is 0 Å². The minimum atomic E-state index is -4.22. The summed E-state index contributed by atoms with van der Waals surface area (Å²) in [6, 6.07) is 9.27. The van der Waals surface area contributed by atoms with Crippen LogP contribution in [0.2, 0.25) is 0 Å². The molecule has 0 amide bonds. The van der Waals surface area contributed by atoms with Crippen LogP contribution in [-0.4, -0.2) is 18.4 Å². The predicted octanol–water partition coefficient (Wildman–Crippen LogP) is 2.86. The number of benzene rings is 2. The van der Waals surface area contributed by atoms with Gasteiger partial charge in [-0.25, -0.2) is 8.42 Å². The predicted molar refractivity (Wildman–Crippen MR) is 79.7 cm³/mol. The number of halogens is 1. The fourth-order valence-electron chi connectivity index (χ4n) is 1.61. The number of hydrogen-bond acceptors (Lipinski definition) is 5. The maximum atomic E-state index is 12.3. The van der Waals surface area contributed by atoms with Gasteiger partial charge in [-0.05, 0) is 24.3 Å². The number of phenols is 1. The zero-order valence-electron chi connectivity index (χ0n) is 10.4. The molecule has 0 aliphatic carbocycles. The van der Waals surface area contributed by atoms with E-state index in [-0.39, 0.29) is 11.4 Å². The van der Waals surface area contributed by atoms with Crippen LogP contribution in [-0.2, 0) is 10.0 Å². The lowest BCUT2D eigenvalue weighted by atomic mass is 10.3. The van der Waals surface area contributed by atoms with Crippen LogP contribution in [0.15, 0.2) is 51.8 Å². The number of nitrogens with one attached hydrogen (secondary N) is 1. The number of phenolic OH excluding ortho intramolecular Hbond substituents is 1. The van der Waals surface area contributed by atoms with Crippen molar-refractivity contribution in [2.75, 3.05) is 4.72 Å². The van der Waals surface area contributed by atoms with Crippen molar-refractivity contribution in [3.63, 3.8) is 0 Å².